The molecule has 0 amide bonds. The first kappa shape index (κ1) is 12.0. The van der Waals surface area contributed by atoms with Crippen molar-refractivity contribution >= 4 is 17.3 Å². The summed E-state index contributed by atoms with van der Waals surface area (Å²) >= 11 is 0. The van der Waals surface area contributed by atoms with Crippen LogP contribution >= 0.6 is 0 Å². The summed E-state index contributed by atoms with van der Waals surface area (Å²) in [6, 6.07) is 1.89. The van der Waals surface area contributed by atoms with Crippen LogP contribution in [0.2, 0.25) is 0 Å². The van der Waals surface area contributed by atoms with Crippen molar-refractivity contribution in [2.75, 3.05) is 11.9 Å². The average molecular weight is 260 g/mol. The fourth-order valence-electron chi connectivity index (χ4n) is 2.68. The van der Waals surface area contributed by atoms with Gasteiger partial charge in [-0.2, -0.15) is 5.10 Å². The van der Waals surface area contributed by atoms with Gasteiger partial charge in [-0.05, 0) is 24.3 Å². The summed E-state index contributed by atoms with van der Waals surface area (Å²) in [4.78, 5) is 15.2. The number of aliphatic carboxylic acids is 1. The number of anilines is 1. The zero-order valence-corrected chi connectivity index (χ0v) is 10.5. The Morgan fingerprint density at radius 2 is 2.32 bits per heavy atom. The van der Waals surface area contributed by atoms with E-state index >= 15 is 0 Å². The van der Waals surface area contributed by atoms with Crippen LogP contribution in [-0.4, -0.2) is 32.2 Å². The summed E-state index contributed by atoms with van der Waals surface area (Å²) in [5, 5.41) is 16.4. The van der Waals surface area contributed by atoms with Gasteiger partial charge >= 0.3 is 5.97 Å². The Hall–Kier alpha value is -2.11. The molecule has 1 fully saturated rings. The number of hydrogen-bond donors (Lipinski definition) is 2. The van der Waals surface area contributed by atoms with Crippen molar-refractivity contribution in [2.45, 2.75) is 25.7 Å². The van der Waals surface area contributed by atoms with E-state index in [1.54, 1.807) is 23.1 Å². The van der Waals surface area contributed by atoms with Gasteiger partial charge in [-0.3, -0.25) is 4.79 Å². The van der Waals surface area contributed by atoms with E-state index in [2.05, 4.69) is 15.4 Å². The molecular weight excluding hydrogens is 244 g/mol. The Labute approximate surface area is 110 Å². The molecule has 0 saturated heterocycles. The van der Waals surface area contributed by atoms with Crippen LogP contribution in [0.5, 0.6) is 0 Å². The third kappa shape index (κ3) is 2.25. The van der Waals surface area contributed by atoms with E-state index in [1.165, 1.54) is 0 Å². The maximum absolute atomic E-state index is 10.9. The van der Waals surface area contributed by atoms with E-state index in [0.29, 0.717) is 6.54 Å². The molecule has 0 unspecified atom stereocenters. The van der Waals surface area contributed by atoms with E-state index in [-0.39, 0.29) is 11.8 Å². The number of fused-ring (bicyclic) bond motifs is 1. The highest BCUT2D eigenvalue weighted by Crippen LogP contribution is 2.44. The van der Waals surface area contributed by atoms with Gasteiger partial charge in [0.15, 0.2) is 5.82 Å². The molecule has 19 heavy (non-hydrogen) atoms. The summed E-state index contributed by atoms with van der Waals surface area (Å²) in [6.45, 7) is 0.650. The van der Waals surface area contributed by atoms with Crippen molar-refractivity contribution < 1.29 is 9.90 Å². The van der Waals surface area contributed by atoms with Gasteiger partial charge in [-0.15, -0.1) is 0 Å². The highest BCUT2D eigenvalue weighted by molar-refractivity contribution is 5.69. The number of rotatable bonds is 5. The summed E-state index contributed by atoms with van der Waals surface area (Å²) in [5.74, 6) is 0.0358. The largest absolute Gasteiger partial charge is 0.481 e. The van der Waals surface area contributed by atoms with E-state index in [0.717, 1.165) is 30.6 Å². The summed E-state index contributed by atoms with van der Waals surface area (Å²) in [5.41, 5.74) is 0.799. The van der Waals surface area contributed by atoms with Gasteiger partial charge in [0.2, 0.25) is 0 Å². The first-order valence-electron chi connectivity index (χ1n) is 6.43. The maximum atomic E-state index is 10.9. The molecule has 2 heterocycles. The molecule has 1 saturated carbocycles. The Bertz CT molecular complexity index is 603. The Morgan fingerprint density at radius 3 is 3.00 bits per heavy atom. The van der Waals surface area contributed by atoms with Gasteiger partial charge in [-0.1, -0.05) is 6.42 Å². The van der Waals surface area contributed by atoms with Crippen molar-refractivity contribution in [2.24, 2.45) is 5.41 Å². The smallest absolute Gasteiger partial charge is 0.303 e. The molecule has 0 atom stereocenters. The van der Waals surface area contributed by atoms with Crippen molar-refractivity contribution in [1.82, 2.24) is 14.6 Å². The quantitative estimate of drug-likeness (QED) is 0.856. The number of carboxylic acid groups (broad SMARTS) is 1. The Morgan fingerprint density at radius 1 is 1.47 bits per heavy atom. The van der Waals surface area contributed by atoms with E-state index in [9.17, 15) is 4.79 Å². The topological polar surface area (TPSA) is 79.5 Å². The molecule has 1 aliphatic carbocycles. The number of aromatic nitrogens is 3. The second-order valence-electron chi connectivity index (χ2n) is 5.21. The normalized spacial score (nSPS) is 17.1. The zero-order chi connectivity index (χ0) is 13.3. The SMILES string of the molecule is O=C(O)CC1(CNc2nccn3nccc23)CCC1. The number of hydrogen-bond acceptors (Lipinski definition) is 4. The highest BCUT2D eigenvalue weighted by Gasteiger charge is 2.38. The van der Waals surface area contributed by atoms with Crippen molar-refractivity contribution in [3.05, 3.63) is 24.7 Å². The number of nitrogens with zero attached hydrogens (tertiary/aromatic N) is 3. The summed E-state index contributed by atoms with van der Waals surface area (Å²) in [6.07, 6.45) is 8.47. The van der Waals surface area contributed by atoms with Crippen LogP contribution in [0.25, 0.3) is 5.52 Å². The highest BCUT2D eigenvalue weighted by atomic mass is 16.4. The molecule has 6 nitrogen and oxygen atoms in total. The Kier molecular flexibility index (Phi) is 2.85. The molecule has 100 valence electrons. The van der Waals surface area contributed by atoms with Gasteiger partial charge in [0.1, 0.15) is 5.52 Å². The first-order chi connectivity index (χ1) is 9.19. The van der Waals surface area contributed by atoms with Crippen LogP contribution in [0.1, 0.15) is 25.7 Å². The number of carbonyl (C=O) groups is 1. The molecule has 2 aromatic heterocycles. The van der Waals surface area contributed by atoms with Gasteiger partial charge in [-0.25, -0.2) is 9.50 Å². The molecule has 2 N–H and O–H groups in total. The van der Waals surface area contributed by atoms with Gasteiger partial charge < -0.3 is 10.4 Å². The lowest BCUT2D eigenvalue weighted by Gasteiger charge is -2.41. The predicted octanol–water partition coefficient (Wildman–Crippen LogP) is 1.79. The number of nitrogens with one attached hydrogen (secondary N) is 1. The molecule has 6 heteroatoms. The van der Waals surface area contributed by atoms with Crippen LogP contribution in [0.3, 0.4) is 0 Å². The first-order valence-corrected chi connectivity index (χ1v) is 6.43. The van der Waals surface area contributed by atoms with E-state index in [1.807, 2.05) is 6.07 Å². The van der Waals surface area contributed by atoms with Crippen LogP contribution < -0.4 is 5.32 Å². The monoisotopic (exact) mass is 260 g/mol. The zero-order valence-electron chi connectivity index (χ0n) is 10.5. The second-order valence-corrected chi connectivity index (χ2v) is 5.21. The van der Waals surface area contributed by atoms with Crippen LogP contribution in [0, 0.1) is 5.41 Å². The number of carboxylic acids is 1. The van der Waals surface area contributed by atoms with Crippen molar-refractivity contribution in [3.63, 3.8) is 0 Å². The van der Waals surface area contributed by atoms with E-state index < -0.39 is 5.97 Å². The minimum absolute atomic E-state index is 0.111. The van der Waals surface area contributed by atoms with Gasteiger partial charge in [0.05, 0.1) is 12.6 Å². The Balaban J connectivity index is 1.75. The lowest BCUT2D eigenvalue weighted by molar-refractivity contribution is -0.141. The van der Waals surface area contributed by atoms with Crippen molar-refractivity contribution in [1.29, 1.82) is 0 Å². The lowest BCUT2D eigenvalue weighted by Crippen LogP contribution is -2.38. The average Bonchev–Trinajstić information content (AvgIpc) is 2.80. The van der Waals surface area contributed by atoms with Gasteiger partial charge in [0.25, 0.3) is 0 Å². The molecule has 1 aliphatic rings. The molecule has 3 rings (SSSR count). The van der Waals surface area contributed by atoms with Gasteiger partial charge in [0, 0.05) is 18.9 Å². The molecule has 0 aliphatic heterocycles. The molecule has 0 aromatic carbocycles. The minimum Gasteiger partial charge on any atom is -0.481 e. The van der Waals surface area contributed by atoms with Crippen LogP contribution in [0.4, 0.5) is 5.82 Å². The molecule has 0 bridgehead atoms. The molecule has 0 radical (unpaired) electrons. The molecular formula is C13H16N4O2. The molecule has 2 aromatic rings. The maximum Gasteiger partial charge on any atom is 0.303 e. The minimum atomic E-state index is -0.725. The van der Waals surface area contributed by atoms with Crippen LogP contribution in [0.15, 0.2) is 24.7 Å². The lowest BCUT2D eigenvalue weighted by atomic mass is 9.66. The summed E-state index contributed by atoms with van der Waals surface area (Å²) in [7, 11) is 0. The fourth-order valence-corrected chi connectivity index (χ4v) is 2.68. The second kappa shape index (κ2) is 4.53. The summed E-state index contributed by atoms with van der Waals surface area (Å²) < 4.78 is 1.75. The third-order valence-electron chi connectivity index (χ3n) is 3.90. The van der Waals surface area contributed by atoms with E-state index in [4.69, 9.17) is 5.11 Å². The van der Waals surface area contributed by atoms with Crippen LogP contribution in [-0.2, 0) is 4.79 Å². The van der Waals surface area contributed by atoms with Crippen molar-refractivity contribution in [3.8, 4) is 0 Å². The fraction of sp³-hybridized carbons (Fsp3) is 0.462. The third-order valence-corrected chi connectivity index (χ3v) is 3.90. The molecule has 0 spiro atoms. The standard InChI is InChI=1S/C13H16N4O2/c18-11(19)8-13(3-1-4-13)9-15-12-10-2-5-16-17(10)7-6-14-12/h2,5-7H,1,3-4,8-9H2,(H,14,15)(H,18,19). The predicted molar refractivity (Wildman–Crippen MR) is 70.0 cm³/mol.